The third-order valence-corrected chi connectivity index (χ3v) is 3.81. The number of carbonyl (C=O) groups is 1. The first-order valence-corrected chi connectivity index (χ1v) is 7.89. The average Bonchev–Trinajstić information content (AvgIpc) is 2.53. The maximum Gasteiger partial charge on any atom is 0.270 e. The van der Waals surface area contributed by atoms with Crippen LogP contribution in [0.2, 0.25) is 0 Å². The molecule has 1 amide bonds. The Morgan fingerprint density at radius 2 is 2.00 bits per heavy atom. The van der Waals surface area contributed by atoms with Gasteiger partial charge >= 0.3 is 0 Å². The quantitative estimate of drug-likeness (QED) is 0.475. The highest BCUT2D eigenvalue weighted by atomic mass is 16.6. The van der Waals surface area contributed by atoms with Gasteiger partial charge in [-0.25, -0.2) is 0 Å². The molecule has 1 aliphatic rings. The summed E-state index contributed by atoms with van der Waals surface area (Å²) in [5.41, 5.74) is 0.688. The molecule has 23 heavy (non-hydrogen) atoms. The minimum atomic E-state index is -0.437. The molecule has 0 aromatic heterocycles. The molecule has 1 aromatic rings. The van der Waals surface area contributed by atoms with Gasteiger partial charge in [0.1, 0.15) is 0 Å². The molecule has 124 valence electrons. The van der Waals surface area contributed by atoms with E-state index in [-0.39, 0.29) is 11.6 Å². The summed E-state index contributed by atoms with van der Waals surface area (Å²) >= 11 is 0. The molecule has 1 aromatic carbocycles. The molecule has 1 heterocycles. The smallest absolute Gasteiger partial charge is 0.270 e. The first kappa shape index (κ1) is 17.1. The van der Waals surface area contributed by atoms with Crippen LogP contribution in [0.5, 0.6) is 0 Å². The molecule has 0 N–H and O–H groups in total. The first-order chi connectivity index (χ1) is 11.0. The third kappa shape index (κ3) is 5.17. The predicted octanol–water partition coefficient (Wildman–Crippen LogP) is 2.41. The van der Waals surface area contributed by atoms with E-state index in [0.717, 1.165) is 32.7 Å². The lowest BCUT2D eigenvalue weighted by molar-refractivity contribution is -0.384. The molecular formula is C17H23N3O3. The summed E-state index contributed by atoms with van der Waals surface area (Å²) in [6.07, 6.45) is 3.13. The summed E-state index contributed by atoms with van der Waals surface area (Å²) < 4.78 is 0. The van der Waals surface area contributed by atoms with Gasteiger partial charge in [-0.2, -0.15) is 0 Å². The van der Waals surface area contributed by atoms with Crippen molar-refractivity contribution in [3.63, 3.8) is 0 Å². The summed E-state index contributed by atoms with van der Waals surface area (Å²) in [5, 5.41) is 10.7. The normalized spacial score (nSPS) is 16.2. The lowest BCUT2D eigenvalue weighted by atomic mass is 10.1. The second-order valence-corrected chi connectivity index (χ2v) is 6.21. The Kier molecular flexibility index (Phi) is 5.87. The molecule has 0 unspecified atom stereocenters. The van der Waals surface area contributed by atoms with Gasteiger partial charge < -0.3 is 4.90 Å². The van der Waals surface area contributed by atoms with Gasteiger partial charge in [0.15, 0.2) is 0 Å². The fourth-order valence-corrected chi connectivity index (χ4v) is 2.68. The van der Waals surface area contributed by atoms with Gasteiger partial charge in [0.2, 0.25) is 5.91 Å². The standard InChI is InChI=1S/C17H23N3O3/c1-14(2)13-18-8-10-19(11-9-18)17(21)7-6-15-4-3-5-16(12-15)20(22)23/h3-7,12,14H,8-11,13H2,1-2H3/b7-6+. The number of piperazine rings is 1. The van der Waals surface area contributed by atoms with E-state index in [1.165, 1.54) is 18.2 Å². The number of rotatable bonds is 5. The van der Waals surface area contributed by atoms with Crippen LogP contribution in [0, 0.1) is 16.0 Å². The fraction of sp³-hybridized carbons (Fsp3) is 0.471. The van der Waals surface area contributed by atoms with Crippen molar-refractivity contribution in [2.45, 2.75) is 13.8 Å². The van der Waals surface area contributed by atoms with Crippen LogP contribution in [-0.4, -0.2) is 53.4 Å². The maximum absolute atomic E-state index is 12.2. The van der Waals surface area contributed by atoms with Crippen molar-refractivity contribution in [1.82, 2.24) is 9.80 Å². The van der Waals surface area contributed by atoms with E-state index in [1.54, 1.807) is 18.2 Å². The minimum Gasteiger partial charge on any atom is -0.337 e. The number of nitrogens with zero attached hydrogens (tertiary/aromatic N) is 3. The lowest BCUT2D eigenvalue weighted by Gasteiger charge is -2.35. The van der Waals surface area contributed by atoms with Crippen LogP contribution in [0.25, 0.3) is 6.08 Å². The van der Waals surface area contributed by atoms with E-state index in [2.05, 4.69) is 18.7 Å². The second kappa shape index (κ2) is 7.87. The molecule has 1 fully saturated rings. The Labute approximate surface area is 136 Å². The van der Waals surface area contributed by atoms with Crippen LogP contribution >= 0.6 is 0 Å². The molecule has 0 aliphatic carbocycles. The number of nitro groups is 1. The fourth-order valence-electron chi connectivity index (χ4n) is 2.68. The molecule has 1 saturated heterocycles. The summed E-state index contributed by atoms with van der Waals surface area (Å²) in [6, 6.07) is 6.27. The summed E-state index contributed by atoms with van der Waals surface area (Å²) in [5.74, 6) is 0.590. The number of amides is 1. The van der Waals surface area contributed by atoms with Gasteiger partial charge in [0, 0.05) is 50.9 Å². The second-order valence-electron chi connectivity index (χ2n) is 6.21. The molecule has 6 nitrogen and oxygen atoms in total. The third-order valence-electron chi connectivity index (χ3n) is 3.81. The van der Waals surface area contributed by atoms with E-state index in [9.17, 15) is 14.9 Å². The number of non-ortho nitro benzene ring substituents is 1. The Balaban J connectivity index is 1.90. The van der Waals surface area contributed by atoms with E-state index >= 15 is 0 Å². The van der Waals surface area contributed by atoms with Crippen molar-refractivity contribution in [3.05, 3.63) is 46.0 Å². The van der Waals surface area contributed by atoms with Crippen LogP contribution < -0.4 is 0 Å². The highest BCUT2D eigenvalue weighted by molar-refractivity contribution is 5.91. The van der Waals surface area contributed by atoms with Crippen LogP contribution in [0.4, 0.5) is 5.69 Å². The number of nitro benzene ring substituents is 1. The van der Waals surface area contributed by atoms with Gasteiger partial charge in [-0.1, -0.05) is 26.0 Å². The van der Waals surface area contributed by atoms with Crippen LogP contribution in [0.15, 0.2) is 30.3 Å². The van der Waals surface area contributed by atoms with E-state index < -0.39 is 4.92 Å². The van der Waals surface area contributed by atoms with Crippen molar-refractivity contribution >= 4 is 17.7 Å². The largest absolute Gasteiger partial charge is 0.337 e. The SMILES string of the molecule is CC(C)CN1CCN(C(=O)/C=C/c2cccc([N+](=O)[O-])c2)CC1. The summed E-state index contributed by atoms with van der Waals surface area (Å²) in [4.78, 5) is 26.7. The van der Waals surface area contributed by atoms with Crippen LogP contribution in [-0.2, 0) is 4.79 Å². The van der Waals surface area contributed by atoms with Crippen molar-refractivity contribution in [3.8, 4) is 0 Å². The number of hydrogen-bond donors (Lipinski definition) is 0. The van der Waals surface area contributed by atoms with Gasteiger partial charge in [-0.05, 0) is 17.6 Å². The van der Waals surface area contributed by atoms with E-state index in [1.807, 2.05) is 4.90 Å². The van der Waals surface area contributed by atoms with Gasteiger partial charge in [-0.15, -0.1) is 0 Å². The Morgan fingerprint density at radius 1 is 1.30 bits per heavy atom. The van der Waals surface area contributed by atoms with Crippen molar-refractivity contribution in [2.24, 2.45) is 5.92 Å². The van der Waals surface area contributed by atoms with Crippen molar-refractivity contribution in [1.29, 1.82) is 0 Å². The van der Waals surface area contributed by atoms with Gasteiger partial charge in [-0.3, -0.25) is 19.8 Å². The molecule has 0 bridgehead atoms. The summed E-state index contributed by atoms with van der Waals surface area (Å²) in [6.45, 7) is 8.70. The lowest BCUT2D eigenvalue weighted by Crippen LogP contribution is -2.49. The average molecular weight is 317 g/mol. The zero-order chi connectivity index (χ0) is 16.8. The molecule has 0 saturated carbocycles. The number of hydrogen-bond acceptors (Lipinski definition) is 4. The first-order valence-electron chi connectivity index (χ1n) is 7.89. The van der Waals surface area contributed by atoms with Crippen LogP contribution in [0.1, 0.15) is 19.4 Å². The van der Waals surface area contributed by atoms with Gasteiger partial charge in [0.05, 0.1) is 4.92 Å². The Hall–Kier alpha value is -2.21. The zero-order valence-corrected chi connectivity index (χ0v) is 13.6. The molecule has 1 aliphatic heterocycles. The highest BCUT2D eigenvalue weighted by Crippen LogP contribution is 2.14. The molecule has 0 spiro atoms. The Bertz CT molecular complexity index is 591. The number of carbonyl (C=O) groups excluding carboxylic acids is 1. The maximum atomic E-state index is 12.2. The molecule has 6 heteroatoms. The number of benzene rings is 1. The van der Waals surface area contributed by atoms with Gasteiger partial charge in [0.25, 0.3) is 5.69 Å². The van der Waals surface area contributed by atoms with E-state index in [0.29, 0.717) is 11.5 Å². The van der Waals surface area contributed by atoms with E-state index in [4.69, 9.17) is 0 Å². The van der Waals surface area contributed by atoms with Crippen LogP contribution in [0.3, 0.4) is 0 Å². The minimum absolute atomic E-state index is 0.0295. The Morgan fingerprint density at radius 3 is 2.61 bits per heavy atom. The molecule has 0 radical (unpaired) electrons. The zero-order valence-electron chi connectivity index (χ0n) is 13.6. The predicted molar refractivity (Wildman–Crippen MR) is 90.0 cm³/mol. The topological polar surface area (TPSA) is 66.7 Å². The highest BCUT2D eigenvalue weighted by Gasteiger charge is 2.19. The molecular weight excluding hydrogens is 294 g/mol. The molecule has 2 rings (SSSR count). The van der Waals surface area contributed by atoms with Crippen molar-refractivity contribution in [2.75, 3.05) is 32.7 Å². The monoisotopic (exact) mass is 317 g/mol. The molecule has 0 atom stereocenters. The summed E-state index contributed by atoms with van der Waals surface area (Å²) in [7, 11) is 0. The van der Waals surface area contributed by atoms with Crippen molar-refractivity contribution < 1.29 is 9.72 Å².